The van der Waals surface area contributed by atoms with Gasteiger partial charge in [-0.2, -0.15) is 13.2 Å². The summed E-state index contributed by atoms with van der Waals surface area (Å²) in [5, 5.41) is 2.88. The number of allylic oxidation sites excluding steroid dienone is 1. The van der Waals surface area contributed by atoms with E-state index in [9.17, 15) is 22.8 Å². The lowest BCUT2D eigenvalue weighted by Gasteiger charge is -2.46. The maximum atomic E-state index is 14.4. The summed E-state index contributed by atoms with van der Waals surface area (Å²) in [7, 11) is 2.45. The minimum absolute atomic E-state index is 0.00227. The summed E-state index contributed by atoms with van der Waals surface area (Å²) in [5.74, 6) is -0.876. The van der Waals surface area contributed by atoms with E-state index < -0.39 is 23.1 Å². The number of rotatable bonds is 5. The highest BCUT2D eigenvalue weighted by Crippen LogP contribution is 2.50. The van der Waals surface area contributed by atoms with Gasteiger partial charge in [-0.3, -0.25) is 9.59 Å². The molecule has 1 N–H and O–H groups in total. The summed E-state index contributed by atoms with van der Waals surface area (Å²) in [5.41, 5.74) is -3.22. The molecule has 3 atom stereocenters. The van der Waals surface area contributed by atoms with E-state index in [1.807, 2.05) is 24.3 Å². The number of halogens is 3. The standard InChI is InChI=1S/C26H27F3N2O4/c1-34-21-11-7-6-10-19(21)20-17-30-22(32)16-24(20)12-14-31(15-13-24)23(33)25(35-2,26(27,28)29)18-8-4-3-5-9-18/h3-12,14,20H,13,15-17H2,1-2H3,(H,30,32)/t20-,24-,25+/m0/s1. The normalized spacial score (nSPS) is 24.1. The number of benzene rings is 2. The Balaban J connectivity index is 1.71. The minimum atomic E-state index is -4.99. The Morgan fingerprint density at radius 1 is 1.09 bits per heavy atom. The van der Waals surface area contributed by atoms with Gasteiger partial charge in [0.25, 0.3) is 11.5 Å². The van der Waals surface area contributed by atoms with Crippen LogP contribution in [0.4, 0.5) is 13.2 Å². The molecule has 1 spiro atoms. The van der Waals surface area contributed by atoms with E-state index in [1.54, 1.807) is 19.3 Å². The van der Waals surface area contributed by atoms with Crippen molar-refractivity contribution in [3.63, 3.8) is 0 Å². The number of hydrogen-bond donors (Lipinski definition) is 1. The van der Waals surface area contributed by atoms with Gasteiger partial charge in [-0.05, 0) is 18.1 Å². The Kier molecular flexibility index (Phi) is 6.64. The van der Waals surface area contributed by atoms with Crippen molar-refractivity contribution in [3.05, 3.63) is 78.0 Å². The summed E-state index contributed by atoms with van der Waals surface area (Å²) < 4.78 is 53.6. The van der Waals surface area contributed by atoms with Crippen molar-refractivity contribution in [2.75, 3.05) is 27.3 Å². The second kappa shape index (κ2) is 9.37. The van der Waals surface area contributed by atoms with Crippen LogP contribution >= 0.6 is 0 Å². The number of piperidine rings is 1. The molecule has 0 aromatic heterocycles. The van der Waals surface area contributed by atoms with Crippen LogP contribution in [0.3, 0.4) is 0 Å². The third-order valence-corrected chi connectivity index (χ3v) is 7.05. The Hall–Kier alpha value is -3.33. The van der Waals surface area contributed by atoms with Crippen molar-refractivity contribution in [3.8, 4) is 5.75 Å². The van der Waals surface area contributed by atoms with E-state index >= 15 is 0 Å². The second-order valence-electron chi connectivity index (χ2n) is 8.82. The second-order valence-corrected chi connectivity index (χ2v) is 8.82. The van der Waals surface area contributed by atoms with Crippen LogP contribution in [0.1, 0.15) is 29.9 Å². The van der Waals surface area contributed by atoms with Gasteiger partial charge in [-0.25, -0.2) is 0 Å². The molecule has 9 heteroatoms. The Bertz CT molecular complexity index is 1120. The van der Waals surface area contributed by atoms with Crippen LogP contribution in [0.5, 0.6) is 5.75 Å². The van der Waals surface area contributed by atoms with E-state index in [-0.39, 0.29) is 30.4 Å². The van der Waals surface area contributed by atoms with Gasteiger partial charge in [0.2, 0.25) is 5.91 Å². The van der Waals surface area contributed by atoms with E-state index in [0.29, 0.717) is 18.7 Å². The molecule has 2 heterocycles. The van der Waals surface area contributed by atoms with Gasteiger partial charge in [0, 0.05) is 49.7 Å². The molecule has 2 aliphatic heterocycles. The number of carbonyl (C=O) groups excluding carboxylic acids is 2. The summed E-state index contributed by atoms with van der Waals surface area (Å²) in [6.45, 7) is 0.356. The summed E-state index contributed by atoms with van der Waals surface area (Å²) in [4.78, 5) is 26.8. The number of carbonyl (C=O) groups is 2. The van der Waals surface area contributed by atoms with Crippen molar-refractivity contribution in [2.45, 2.75) is 30.5 Å². The molecule has 0 radical (unpaired) electrons. The zero-order valence-corrected chi connectivity index (χ0v) is 19.5. The molecule has 6 nitrogen and oxygen atoms in total. The summed E-state index contributed by atoms with van der Waals surface area (Å²) >= 11 is 0. The van der Waals surface area contributed by atoms with Crippen LogP contribution in [0.15, 0.2) is 66.9 Å². The smallest absolute Gasteiger partial charge is 0.430 e. The number of nitrogens with zero attached hydrogens (tertiary/aromatic N) is 1. The highest BCUT2D eigenvalue weighted by atomic mass is 19.4. The lowest BCUT2D eigenvalue weighted by atomic mass is 9.64. The molecule has 1 fully saturated rings. The molecule has 0 saturated carbocycles. The number of methoxy groups -OCH3 is 2. The average Bonchev–Trinajstić information content (AvgIpc) is 2.85. The molecule has 0 bridgehead atoms. The van der Waals surface area contributed by atoms with Gasteiger partial charge in [-0.1, -0.05) is 54.6 Å². The van der Waals surface area contributed by atoms with E-state index in [1.165, 1.54) is 30.5 Å². The minimum Gasteiger partial charge on any atom is -0.496 e. The predicted octanol–water partition coefficient (Wildman–Crippen LogP) is 4.14. The summed E-state index contributed by atoms with van der Waals surface area (Å²) in [6.07, 6.45) is -1.46. The molecule has 2 aromatic carbocycles. The maximum Gasteiger partial charge on any atom is 0.430 e. The first-order valence-corrected chi connectivity index (χ1v) is 11.3. The molecular weight excluding hydrogens is 461 g/mol. The zero-order chi connectivity index (χ0) is 25.3. The first-order valence-electron chi connectivity index (χ1n) is 11.3. The van der Waals surface area contributed by atoms with Gasteiger partial charge < -0.3 is 19.7 Å². The molecule has 2 aromatic rings. The van der Waals surface area contributed by atoms with Crippen molar-refractivity contribution < 1.29 is 32.2 Å². The highest BCUT2D eigenvalue weighted by molar-refractivity contribution is 5.89. The number of nitrogens with one attached hydrogen (secondary N) is 1. The number of amides is 2. The fourth-order valence-corrected chi connectivity index (χ4v) is 5.21. The highest BCUT2D eigenvalue weighted by Gasteiger charge is 2.64. The Morgan fingerprint density at radius 2 is 1.77 bits per heavy atom. The Morgan fingerprint density at radius 3 is 2.37 bits per heavy atom. The third-order valence-electron chi connectivity index (χ3n) is 7.05. The van der Waals surface area contributed by atoms with Crippen molar-refractivity contribution >= 4 is 11.8 Å². The van der Waals surface area contributed by atoms with Crippen molar-refractivity contribution in [2.24, 2.45) is 5.41 Å². The molecule has 0 aliphatic carbocycles. The van der Waals surface area contributed by atoms with Crippen LogP contribution < -0.4 is 10.1 Å². The van der Waals surface area contributed by atoms with Gasteiger partial charge in [-0.15, -0.1) is 0 Å². The number of ether oxygens (including phenoxy) is 2. The van der Waals surface area contributed by atoms with E-state index in [2.05, 4.69) is 5.32 Å². The van der Waals surface area contributed by atoms with Gasteiger partial charge in [0.05, 0.1) is 7.11 Å². The van der Waals surface area contributed by atoms with Crippen LogP contribution in [-0.2, 0) is 19.9 Å². The number of alkyl halides is 3. The molecule has 2 aliphatic rings. The van der Waals surface area contributed by atoms with Gasteiger partial charge >= 0.3 is 6.18 Å². The number of hydrogen-bond acceptors (Lipinski definition) is 4. The quantitative estimate of drug-likeness (QED) is 0.687. The van der Waals surface area contributed by atoms with E-state index in [0.717, 1.165) is 17.6 Å². The molecule has 0 unspecified atom stereocenters. The zero-order valence-electron chi connectivity index (χ0n) is 19.5. The largest absolute Gasteiger partial charge is 0.496 e. The van der Waals surface area contributed by atoms with Crippen LogP contribution in [-0.4, -0.2) is 50.2 Å². The third kappa shape index (κ3) is 4.18. The van der Waals surface area contributed by atoms with Crippen LogP contribution in [0.2, 0.25) is 0 Å². The van der Waals surface area contributed by atoms with Crippen molar-refractivity contribution in [1.29, 1.82) is 0 Å². The molecule has 1 saturated heterocycles. The molecule has 186 valence electrons. The van der Waals surface area contributed by atoms with Crippen molar-refractivity contribution in [1.82, 2.24) is 10.2 Å². The topological polar surface area (TPSA) is 67.9 Å². The SMILES string of the molecule is COc1ccccc1[C@@H]1CNC(=O)C[C@@]12C=CN(C(=O)[C@](OC)(c1ccccc1)C(F)(F)F)CC2. The van der Waals surface area contributed by atoms with Gasteiger partial charge in [0.15, 0.2) is 0 Å². The monoisotopic (exact) mass is 488 g/mol. The fourth-order valence-electron chi connectivity index (χ4n) is 5.21. The average molecular weight is 489 g/mol. The molecule has 4 rings (SSSR count). The predicted molar refractivity (Wildman–Crippen MR) is 122 cm³/mol. The first kappa shape index (κ1) is 24.8. The molecular formula is C26H27F3N2O4. The number of para-hydroxylation sites is 1. The van der Waals surface area contributed by atoms with Gasteiger partial charge in [0.1, 0.15) is 5.75 Å². The van der Waals surface area contributed by atoms with Crippen LogP contribution in [0, 0.1) is 5.41 Å². The van der Waals surface area contributed by atoms with E-state index in [4.69, 9.17) is 9.47 Å². The van der Waals surface area contributed by atoms with Crippen LogP contribution in [0.25, 0.3) is 0 Å². The first-order chi connectivity index (χ1) is 16.7. The summed E-state index contributed by atoms with van der Waals surface area (Å²) in [6, 6.07) is 14.4. The lowest BCUT2D eigenvalue weighted by molar-refractivity contribution is -0.269. The maximum absolute atomic E-state index is 14.4. The molecule has 35 heavy (non-hydrogen) atoms. The lowest BCUT2D eigenvalue weighted by Crippen LogP contribution is -2.57. The fraction of sp³-hybridized carbons (Fsp3) is 0.385. The Labute approximate surface area is 201 Å². The molecule has 2 amide bonds.